The Morgan fingerprint density at radius 1 is 1.47 bits per heavy atom. The summed E-state index contributed by atoms with van der Waals surface area (Å²) in [5, 5.41) is 3.33. The molecule has 0 bridgehead atoms. The second-order valence-electron chi connectivity index (χ2n) is 3.70. The average Bonchev–Trinajstić information content (AvgIpc) is 2.68. The molecule has 5 heteroatoms. The molecule has 17 heavy (non-hydrogen) atoms. The maximum absolute atomic E-state index is 5.88. The minimum atomic E-state index is 0.845. The van der Waals surface area contributed by atoms with Gasteiger partial charge < -0.3 is 5.32 Å². The van der Waals surface area contributed by atoms with Gasteiger partial charge in [0.1, 0.15) is 5.82 Å². The molecule has 0 aliphatic carbocycles. The zero-order valence-electron chi connectivity index (χ0n) is 9.34. The molecule has 0 fully saturated rings. The highest BCUT2D eigenvalue weighted by molar-refractivity contribution is 9.10. The smallest absolute Gasteiger partial charge is 0.128 e. The van der Waals surface area contributed by atoms with Crippen LogP contribution in [-0.2, 0) is 6.42 Å². The van der Waals surface area contributed by atoms with Gasteiger partial charge in [-0.15, -0.1) is 11.3 Å². The fraction of sp³-hybridized carbons (Fsp3) is 0.250. The van der Waals surface area contributed by atoms with Crippen LogP contribution in [0.15, 0.2) is 28.9 Å². The summed E-state index contributed by atoms with van der Waals surface area (Å²) in [5.74, 6) is 0.941. The molecule has 2 heterocycles. The monoisotopic (exact) mass is 330 g/mol. The minimum Gasteiger partial charge on any atom is -0.369 e. The Morgan fingerprint density at radius 2 is 2.29 bits per heavy atom. The van der Waals surface area contributed by atoms with Gasteiger partial charge in [0.25, 0.3) is 0 Å². The van der Waals surface area contributed by atoms with E-state index in [-0.39, 0.29) is 0 Å². The van der Waals surface area contributed by atoms with Crippen LogP contribution in [0.5, 0.6) is 0 Å². The zero-order chi connectivity index (χ0) is 12.3. The Balaban J connectivity index is 1.90. The summed E-state index contributed by atoms with van der Waals surface area (Å²) in [6, 6.07) is 6.05. The molecule has 0 saturated heterocycles. The molecular weight excluding hydrogens is 320 g/mol. The van der Waals surface area contributed by atoms with Crippen LogP contribution in [0, 0.1) is 6.92 Å². The lowest BCUT2D eigenvalue weighted by Gasteiger charge is -2.07. The molecule has 2 rings (SSSR count). The molecule has 2 nitrogen and oxygen atoms in total. The van der Waals surface area contributed by atoms with E-state index in [0.29, 0.717) is 0 Å². The lowest BCUT2D eigenvalue weighted by atomic mass is 10.3. The molecule has 90 valence electrons. The summed E-state index contributed by atoms with van der Waals surface area (Å²) in [5.41, 5.74) is 1.14. The molecule has 0 spiro atoms. The van der Waals surface area contributed by atoms with Crippen LogP contribution in [-0.4, -0.2) is 11.5 Å². The van der Waals surface area contributed by atoms with Gasteiger partial charge in [0.05, 0.1) is 4.34 Å². The number of aryl methyl sites for hydroxylation is 1. The van der Waals surface area contributed by atoms with E-state index in [2.05, 4.69) is 38.4 Å². The van der Waals surface area contributed by atoms with E-state index in [9.17, 15) is 0 Å². The maximum atomic E-state index is 5.88. The van der Waals surface area contributed by atoms with Crippen LogP contribution >= 0.6 is 38.9 Å². The molecule has 0 saturated carbocycles. The van der Waals surface area contributed by atoms with Crippen LogP contribution in [0.25, 0.3) is 0 Å². The van der Waals surface area contributed by atoms with Crippen LogP contribution in [0.3, 0.4) is 0 Å². The summed E-state index contributed by atoms with van der Waals surface area (Å²) < 4.78 is 1.85. The van der Waals surface area contributed by atoms with Crippen LogP contribution < -0.4 is 5.32 Å². The van der Waals surface area contributed by atoms with E-state index >= 15 is 0 Å². The highest BCUT2D eigenvalue weighted by atomic mass is 79.9. The first-order valence-electron chi connectivity index (χ1n) is 5.25. The van der Waals surface area contributed by atoms with E-state index in [4.69, 9.17) is 11.6 Å². The predicted molar refractivity (Wildman–Crippen MR) is 78.2 cm³/mol. The van der Waals surface area contributed by atoms with Gasteiger partial charge in [0.2, 0.25) is 0 Å². The number of pyridine rings is 1. The second-order valence-corrected chi connectivity index (χ2v) is 6.42. The molecule has 0 radical (unpaired) electrons. The largest absolute Gasteiger partial charge is 0.369 e. The molecular formula is C12H12BrClN2S. The topological polar surface area (TPSA) is 24.9 Å². The molecule has 0 aromatic carbocycles. The predicted octanol–water partition coefficient (Wildman–Crippen LogP) is 4.52. The molecule has 2 aromatic rings. The van der Waals surface area contributed by atoms with E-state index < -0.39 is 0 Å². The van der Waals surface area contributed by atoms with Gasteiger partial charge in [-0.2, -0.15) is 0 Å². The summed E-state index contributed by atoms with van der Waals surface area (Å²) in [4.78, 5) is 5.62. The highest BCUT2D eigenvalue weighted by Gasteiger charge is 2.01. The van der Waals surface area contributed by atoms with Crippen molar-refractivity contribution in [2.75, 3.05) is 11.9 Å². The van der Waals surface area contributed by atoms with Gasteiger partial charge in [-0.05, 0) is 53.0 Å². The number of hydrogen-bond acceptors (Lipinski definition) is 3. The number of rotatable bonds is 4. The normalized spacial score (nSPS) is 10.5. The van der Waals surface area contributed by atoms with Gasteiger partial charge in [-0.25, -0.2) is 4.98 Å². The van der Waals surface area contributed by atoms with Crippen LogP contribution in [0.4, 0.5) is 5.82 Å². The van der Waals surface area contributed by atoms with Crippen molar-refractivity contribution in [3.63, 3.8) is 0 Å². The molecule has 0 amide bonds. The zero-order valence-corrected chi connectivity index (χ0v) is 12.5. The average molecular weight is 332 g/mol. The third-order valence-corrected chi connectivity index (χ3v) is 4.06. The van der Waals surface area contributed by atoms with Crippen LogP contribution in [0.1, 0.15) is 10.4 Å². The van der Waals surface area contributed by atoms with Gasteiger partial charge >= 0.3 is 0 Å². The lowest BCUT2D eigenvalue weighted by molar-refractivity contribution is 1.02. The minimum absolute atomic E-state index is 0.845. The number of halogens is 2. The number of thiophene rings is 1. The maximum Gasteiger partial charge on any atom is 0.128 e. The Kier molecular flexibility index (Phi) is 4.42. The van der Waals surface area contributed by atoms with Gasteiger partial charge in [-0.3, -0.25) is 0 Å². The second kappa shape index (κ2) is 5.85. The Morgan fingerprint density at radius 3 is 2.94 bits per heavy atom. The standard InChI is InChI=1S/C12H12BrClN2S/c1-8-6-9(13)7-16-12(8)15-5-4-10-2-3-11(14)17-10/h2-3,6-7H,4-5H2,1H3,(H,15,16). The Hall–Kier alpha value is -0.580. The number of anilines is 1. The molecule has 0 aliphatic rings. The number of nitrogens with one attached hydrogen (secondary N) is 1. The summed E-state index contributed by atoms with van der Waals surface area (Å²) >= 11 is 10.9. The first-order chi connectivity index (χ1) is 8.15. The Labute approximate surface area is 118 Å². The molecule has 0 atom stereocenters. The van der Waals surface area contributed by atoms with Gasteiger partial charge in [-0.1, -0.05) is 11.6 Å². The molecule has 0 unspecified atom stereocenters. The van der Waals surface area contributed by atoms with Crippen molar-refractivity contribution in [3.8, 4) is 0 Å². The van der Waals surface area contributed by atoms with Crippen molar-refractivity contribution in [1.29, 1.82) is 0 Å². The van der Waals surface area contributed by atoms with E-state index in [1.165, 1.54) is 4.88 Å². The van der Waals surface area contributed by atoms with Crippen LogP contribution in [0.2, 0.25) is 4.34 Å². The molecule has 0 aliphatic heterocycles. The number of nitrogens with zero attached hydrogens (tertiary/aromatic N) is 1. The summed E-state index contributed by atoms with van der Waals surface area (Å²) in [6.45, 7) is 2.91. The summed E-state index contributed by atoms with van der Waals surface area (Å²) in [7, 11) is 0. The molecule has 1 N–H and O–H groups in total. The van der Waals surface area contributed by atoms with E-state index in [1.807, 2.05) is 13.0 Å². The first kappa shape index (κ1) is 12.9. The van der Waals surface area contributed by atoms with E-state index in [1.54, 1.807) is 17.5 Å². The van der Waals surface area contributed by atoms with Crippen molar-refractivity contribution < 1.29 is 0 Å². The van der Waals surface area contributed by atoms with Gasteiger partial charge in [0.15, 0.2) is 0 Å². The quantitative estimate of drug-likeness (QED) is 0.891. The third-order valence-electron chi connectivity index (χ3n) is 2.34. The van der Waals surface area contributed by atoms with Crippen molar-refractivity contribution >= 4 is 44.7 Å². The first-order valence-corrected chi connectivity index (χ1v) is 7.24. The third kappa shape index (κ3) is 3.69. The van der Waals surface area contributed by atoms with Crippen molar-refractivity contribution in [1.82, 2.24) is 4.98 Å². The number of aromatic nitrogens is 1. The lowest BCUT2D eigenvalue weighted by Crippen LogP contribution is -2.06. The van der Waals surface area contributed by atoms with Crippen molar-refractivity contribution in [2.45, 2.75) is 13.3 Å². The number of hydrogen-bond donors (Lipinski definition) is 1. The summed E-state index contributed by atoms with van der Waals surface area (Å²) in [6.07, 6.45) is 2.77. The van der Waals surface area contributed by atoms with E-state index in [0.717, 1.165) is 33.2 Å². The fourth-order valence-electron chi connectivity index (χ4n) is 1.52. The van der Waals surface area contributed by atoms with Crippen molar-refractivity contribution in [2.24, 2.45) is 0 Å². The van der Waals surface area contributed by atoms with Crippen molar-refractivity contribution in [3.05, 3.63) is 43.6 Å². The Bertz CT molecular complexity index is 513. The SMILES string of the molecule is Cc1cc(Br)cnc1NCCc1ccc(Cl)s1. The van der Waals surface area contributed by atoms with Gasteiger partial charge in [0, 0.05) is 22.1 Å². The fourth-order valence-corrected chi connectivity index (χ4v) is 3.05. The highest BCUT2D eigenvalue weighted by Crippen LogP contribution is 2.22. The molecule has 2 aromatic heterocycles.